The van der Waals surface area contributed by atoms with Crippen molar-refractivity contribution in [3.63, 3.8) is 0 Å². The van der Waals surface area contributed by atoms with E-state index in [1.807, 2.05) is 72.8 Å². The number of hydrogen-bond acceptors (Lipinski definition) is 4. The van der Waals surface area contributed by atoms with Crippen molar-refractivity contribution in [2.75, 3.05) is 13.3 Å². The fourth-order valence-corrected chi connectivity index (χ4v) is 5.61. The number of carbonyl (C=O) groups excluding carboxylic acids is 1. The molecule has 0 saturated heterocycles. The number of carbonyl (C=O) groups is 1. The fraction of sp³-hybridized carbons (Fsp3) is 0.342. The average Bonchev–Trinajstić information content (AvgIpc) is 3.01. The van der Waals surface area contributed by atoms with Gasteiger partial charge in [-0.1, -0.05) is 112 Å². The Morgan fingerprint density at radius 1 is 0.605 bits per heavy atom. The molecule has 0 spiro atoms. The van der Waals surface area contributed by atoms with Gasteiger partial charge in [0.1, 0.15) is 0 Å². The molecule has 0 aliphatic heterocycles. The van der Waals surface area contributed by atoms with E-state index < -0.39 is 0 Å². The maximum absolute atomic E-state index is 12.0. The summed E-state index contributed by atoms with van der Waals surface area (Å²) in [5.74, 6) is 1.46. The second-order valence-corrected chi connectivity index (χ2v) is 14.6. The van der Waals surface area contributed by atoms with Crippen LogP contribution in [0, 0.1) is 11.8 Å². The summed E-state index contributed by atoms with van der Waals surface area (Å²) in [6.07, 6.45) is 3.15. The van der Waals surface area contributed by atoms with Gasteiger partial charge in [0, 0.05) is 31.6 Å². The zero-order valence-electron chi connectivity index (χ0n) is 26.6. The van der Waals surface area contributed by atoms with Crippen LogP contribution < -0.4 is 0 Å². The zero-order chi connectivity index (χ0) is 31.5. The van der Waals surface area contributed by atoms with Gasteiger partial charge in [0.25, 0.3) is 0 Å². The first kappa shape index (κ1) is 36.8. The van der Waals surface area contributed by atoms with E-state index in [0.29, 0.717) is 18.3 Å². The highest BCUT2D eigenvalue weighted by molar-refractivity contribution is 7.99. The van der Waals surface area contributed by atoms with Crippen molar-refractivity contribution < 1.29 is 9.90 Å². The maximum Gasteiger partial charge on any atom is 0.162 e. The van der Waals surface area contributed by atoms with Crippen LogP contribution in [-0.4, -0.2) is 24.2 Å². The maximum atomic E-state index is 12.0. The van der Waals surface area contributed by atoms with E-state index in [2.05, 4.69) is 77.4 Å². The highest BCUT2D eigenvalue weighted by Crippen LogP contribution is 2.30. The van der Waals surface area contributed by atoms with Crippen LogP contribution in [0.3, 0.4) is 0 Å². The third kappa shape index (κ3) is 15.8. The van der Waals surface area contributed by atoms with Crippen molar-refractivity contribution in [1.82, 2.24) is 0 Å². The van der Waals surface area contributed by atoms with E-state index in [4.69, 9.17) is 0 Å². The predicted molar refractivity (Wildman–Crippen MR) is 192 cm³/mol. The highest BCUT2D eigenvalue weighted by atomic mass is 32.2. The van der Waals surface area contributed by atoms with Crippen LogP contribution in [0.5, 0.6) is 0 Å². The third-order valence-electron chi connectivity index (χ3n) is 6.37. The Morgan fingerprint density at radius 3 is 1.42 bits per heavy atom. The molecule has 0 aliphatic carbocycles. The molecule has 0 fully saturated rings. The van der Waals surface area contributed by atoms with E-state index in [1.54, 1.807) is 23.5 Å². The van der Waals surface area contributed by atoms with E-state index in [0.717, 1.165) is 43.9 Å². The van der Waals surface area contributed by atoms with Crippen molar-refractivity contribution in [3.05, 3.63) is 120 Å². The summed E-state index contributed by atoms with van der Waals surface area (Å²) >= 11 is 3.46. The SMILES string of the molecule is CC(C)CCC(=O)c1ccc(Sc2ccccc2)cc1.CC(C)CCC(O)c1ccc(Sc2ccccc2)cc1.CPC. The molecule has 0 heterocycles. The molecule has 0 saturated carbocycles. The quantitative estimate of drug-likeness (QED) is 0.125. The molecule has 4 rings (SSSR count). The lowest BCUT2D eigenvalue weighted by molar-refractivity contribution is 0.0975. The Morgan fingerprint density at radius 2 is 1.00 bits per heavy atom. The van der Waals surface area contributed by atoms with E-state index in [1.165, 1.54) is 14.7 Å². The van der Waals surface area contributed by atoms with Crippen molar-refractivity contribution in [1.29, 1.82) is 0 Å². The largest absolute Gasteiger partial charge is 0.388 e. The molecule has 1 unspecified atom stereocenters. The normalized spacial score (nSPS) is 11.3. The van der Waals surface area contributed by atoms with Crippen LogP contribution in [0.4, 0.5) is 0 Å². The van der Waals surface area contributed by atoms with Gasteiger partial charge in [0.05, 0.1) is 6.10 Å². The van der Waals surface area contributed by atoms with Crippen molar-refractivity contribution in [3.8, 4) is 0 Å². The molecule has 4 aromatic rings. The van der Waals surface area contributed by atoms with Gasteiger partial charge < -0.3 is 5.11 Å². The zero-order valence-corrected chi connectivity index (χ0v) is 29.3. The number of benzene rings is 4. The monoisotopic (exact) mass is 632 g/mol. The number of ketones is 1. The van der Waals surface area contributed by atoms with Gasteiger partial charge in [-0.25, -0.2) is 0 Å². The summed E-state index contributed by atoms with van der Waals surface area (Å²) in [5, 5.41) is 10.1. The first-order valence-electron chi connectivity index (χ1n) is 15.2. The van der Waals surface area contributed by atoms with Gasteiger partial charge in [-0.05, 0) is 98.5 Å². The Labute approximate surface area is 271 Å². The van der Waals surface area contributed by atoms with Gasteiger partial charge in [0.2, 0.25) is 0 Å². The van der Waals surface area contributed by atoms with Gasteiger partial charge >= 0.3 is 0 Å². The lowest BCUT2D eigenvalue weighted by Gasteiger charge is -2.13. The lowest BCUT2D eigenvalue weighted by Crippen LogP contribution is -2.01. The fourth-order valence-electron chi connectivity index (χ4n) is 3.94. The summed E-state index contributed by atoms with van der Waals surface area (Å²) in [4.78, 5) is 16.8. The topological polar surface area (TPSA) is 37.3 Å². The van der Waals surface area contributed by atoms with Crippen LogP contribution >= 0.6 is 32.1 Å². The second-order valence-electron chi connectivity index (χ2n) is 11.3. The van der Waals surface area contributed by atoms with Crippen molar-refractivity contribution in [2.45, 2.75) is 79.1 Å². The molecule has 2 nitrogen and oxygen atoms in total. The molecule has 0 aliphatic rings. The van der Waals surface area contributed by atoms with Crippen molar-refractivity contribution in [2.24, 2.45) is 11.8 Å². The van der Waals surface area contributed by atoms with Crippen LogP contribution in [0.2, 0.25) is 0 Å². The summed E-state index contributed by atoms with van der Waals surface area (Å²) in [6.45, 7) is 13.0. The molecular weight excluding hydrogens is 584 g/mol. The van der Waals surface area contributed by atoms with Crippen LogP contribution in [0.25, 0.3) is 0 Å². The Hall–Kier alpha value is -2.36. The minimum absolute atomic E-state index is 0.245. The van der Waals surface area contributed by atoms with Crippen molar-refractivity contribution >= 4 is 37.9 Å². The molecule has 1 N–H and O–H groups in total. The summed E-state index contributed by atoms with van der Waals surface area (Å²) in [7, 11) is 1.08. The molecule has 0 bridgehead atoms. The molecule has 1 atom stereocenters. The van der Waals surface area contributed by atoms with Gasteiger partial charge in [-0.2, -0.15) is 0 Å². The Kier molecular flexibility index (Phi) is 18.3. The lowest BCUT2D eigenvalue weighted by atomic mass is 10.0. The molecule has 0 amide bonds. The van der Waals surface area contributed by atoms with Crippen LogP contribution in [0.1, 0.15) is 75.4 Å². The molecule has 4 aromatic carbocycles. The number of aliphatic hydroxyl groups excluding tert-OH is 1. The van der Waals surface area contributed by atoms with E-state index >= 15 is 0 Å². The standard InChI is InChI=1S/C18H22OS.C18H20OS.C2H7P/c2*1-14(2)8-13-18(19)15-9-11-17(12-10-15)20-16-6-4-3-5-7-16;1-3-2/h3-7,9-12,14,18-19H,8,13H2,1-2H3;3-7,9-12,14H,8,13H2,1-2H3;3H,1-2H3. The Balaban J connectivity index is 0.000000275. The molecule has 0 aromatic heterocycles. The first-order chi connectivity index (χ1) is 20.7. The van der Waals surface area contributed by atoms with E-state index in [9.17, 15) is 9.90 Å². The molecule has 5 heteroatoms. The molecule has 230 valence electrons. The molecular formula is C38H49O2PS2. The second kappa shape index (κ2) is 21.4. The average molecular weight is 633 g/mol. The van der Waals surface area contributed by atoms with Gasteiger partial charge in [0.15, 0.2) is 5.78 Å². The third-order valence-corrected chi connectivity index (χ3v) is 8.40. The first-order valence-corrected chi connectivity index (χ1v) is 18.8. The van der Waals surface area contributed by atoms with Gasteiger partial charge in [-0.3, -0.25) is 4.79 Å². The predicted octanol–water partition coefficient (Wildman–Crippen LogP) is 11.7. The van der Waals surface area contributed by atoms with Gasteiger partial charge in [-0.15, -0.1) is 8.58 Å². The number of rotatable bonds is 12. The minimum atomic E-state index is -0.340. The Bertz CT molecular complexity index is 1280. The summed E-state index contributed by atoms with van der Waals surface area (Å²) in [5.41, 5.74) is 1.84. The highest BCUT2D eigenvalue weighted by Gasteiger charge is 2.09. The smallest absolute Gasteiger partial charge is 0.162 e. The molecule has 43 heavy (non-hydrogen) atoms. The summed E-state index contributed by atoms with van der Waals surface area (Å²) < 4.78 is 0. The van der Waals surface area contributed by atoms with E-state index in [-0.39, 0.29) is 11.9 Å². The summed E-state index contributed by atoms with van der Waals surface area (Å²) in [6, 6.07) is 36.8. The molecule has 0 radical (unpaired) electrons. The number of aliphatic hydroxyl groups is 1. The van der Waals surface area contributed by atoms with Crippen LogP contribution in [0.15, 0.2) is 129 Å². The number of Topliss-reactive ketones (excluding diaryl/α,β-unsaturated/α-hetero) is 1. The number of hydrogen-bond donors (Lipinski definition) is 1. The van der Waals surface area contributed by atoms with Crippen LogP contribution in [-0.2, 0) is 0 Å². The minimum Gasteiger partial charge on any atom is -0.388 e.